The summed E-state index contributed by atoms with van der Waals surface area (Å²) in [7, 11) is 1.85. The summed E-state index contributed by atoms with van der Waals surface area (Å²) in [4.78, 5) is 13.3. The van der Waals surface area contributed by atoms with Crippen molar-refractivity contribution in [3.8, 4) is 0 Å². The SMILES string of the molecule is CC1OCCC1N(C)C(=O)CCS. The van der Waals surface area contributed by atoms with E-state index in [0.717, 1.165) is 13.0 Å². The Morgan fingerprint density at radius 3 is 2.85 bits per heavy atom. The van der Waals surface area contributed by atoms with Crippen molar-refractivity contribution in [2.75, 3.05) is 19.4 Å². The zero-order chi connectivity index (χ0) is 9.84. The zero-order valence-corrected chi connectivity index (χ0v) is 9.09. The quantitative estimate of drug-likeness (QED) is 0.692. The number of hydrogen-bond acceptors (Lipinski definition) is 3. The van der Waals surface area contributed by atoms with Crippen molar-refractivity contribution in [2.24, 2.45) is 0 Å². The van der Waals surface area contributed by atoms with Gasteiger partial charge in [-0.2, -0.15) is 12.6 Å². The number of thiol groups is 1. The molecule has 1 rings (SSSR count). The first kappa shape index (κ1) is 10.9. The van der Waals surface area contributed by atoms with Crippen LogP contribution in [0.4, 0.5) is 0 Å². The number of rotatable bonds is 3. The highest BCUT2D eigenvalue weighted by Gasteiger charge is 2.29. The van der Waals surface area contributed by atoms with Gasteiger partial charge in [0.1, 0.15) is 0 Å². The van der Waals surface area contributed by atoms with E-state index in [1.807, 2.05) is 14.0 Å². The van der Waals surface area contributed by atoms with Gasteiger partial charge in [-0.3, -0.25) is 4.79 Å². The molecule has 0 aromatic carbocycles. The maximum Gasteiger partial charge on any atom is 0.223 e. The Balaban J connectivity index is 2.45. The Kier molecular flexibility index (Phi) is 4.06. The molecule has 4 heteroatoms. The predicted octanol–water partition coefficient (Wildman–Crippen LogP) is 0.942. The summed E-state index contributed by atoms with van der Waals surface area (Å²) in [6.07, 6.45) is 1.65. The molecule has 0 spiro atoms. The number of hydrogen-bond donors (Lipinski definition) is 1. The average molecular weight is 203 g/mol. The molecule has 3 nitrogen and oxygen atoms in total. The van der Waals surface area contributed by atoms with Crippen molar-refractivity contribution in [2.45, 2.75) is 31.9 Å². The van der Waals surface area contributed by atoms with Crippen molar-refractivity contribution in [1.29, 1.82) is 0 Å². The first-order chi connectivity index (χ1) is 6.16. The molecule has 0 aromatic rings. The third-order valence-corrected chi connectivity index (χ3v) is 2.78. The largest absolute Gasteiger partial charge is 0.376 e. The summed E-state index contributed by atoms with van der Waals surface area (Å²) in [5.74, 6) is 0.780. The lowest BCUT2D eigenvalue weighted by molar-refractivity contribution is -0.132. The van der Waals surface area contributed by atoms with E-state index in [-0.39, 0.29) is 18.1 Å². The monoisotopic (exact) mass is 203 g/mol. The van der Waals surface area contributed by atoms with E-state index in [9.17, 15) is 4.79 Å². The van der Waals surface area contributed by atoms with Gasteiger partial charge in [-0.1, -0.05) is 0 Å². The number of carbonyl (C=O) groups excluding carboxylic acids is 1. The van der Waals surface area contributed by atoms with Crippen LogP contribution in [0.3, 0.4) is 0 Å². The summed E-state index contributed by atoms with van der Waals surface area (Å²) in [6.45, 7) is 2.78. The third kappa shape index (κ3) is 2.61. The van der Waals surface area contributed by atoms with Crippen LogP contribution in [0.2, 0.25) is 0 Å². The minimum atomic E-state index is 0.164. The number of likely N-dealkylation sites (N-methyl/N-ethyl adjacent to an activating group) is 1. The molecule has 1 fully saturated rings. The molecule has 0 saturated carbocycles. The normalized spacial score (nSPS) is 27.6. The van der Waals surface area contributed by atoms with Gasteiger partial charge in [0, 0.05) is 20.1 Å². The molecule has 2 unspecified atom stereocenters. The lowest BCUT2D eigenvalue weighted by atomic mass is 10.1. The molecule has 1 aliphatic heterocycles. The van der Waals surface area contributed by atoms with Crippen LogP contribution in [0, 0.1) is 0 Å². The smallest absolute Gasteiger partial charge is 0.223 e. The second-order valence-corrected chi connectivity index (χ2v) is 3.86. The van der Waals surface area contributed by atoms with E-state index in [2.05, 4.69) is 12.6 Å². The number of carbonyl (C=O) groups is 1. The summed E-state index contributed by atoms with van der Waals surface area (Å²) in [5, 5.41) is 0. The molecule has 1 amide bonds. The van der Waals surface area contributed by atoms with E-state index in [4.69, 9.17) is 4.74 Å². The number of ether oxygens (including phenoxy) is 1. The summed E-state index contributed by atoms with van der Waals surface area (Å²) < 4.78 is 5.40. The van der Waals surface area contributed by atoms with Crippen molar-refractivity contribution in [3.63, 3.8) is 0 Å². The minimum Gasteiger partial charge on any atom is -0.376 e. The van der Waals surface area contributed by atoms with E-state index in [1.165, 1.54) is 0 Å². The highest BCUT2D eigenvalue weighted by molar-refractivity contribution is 7.80. The fraction of sp³-hybridized carbons (Fsp3) is 0.889. The molecular weight excluding hydrogens is 186 g/mol. The molecule has 0 N–H and O–H groups in total. The third-order valence-electron chi connectivity index (χ3n) is 2.55. The van der Waals surface area contributed by atoms with Crippen LogP contribution >= 0.6 is 12.6 Å². The molecule has 2 atom stereocenters. The fourth-order valence-electron chi connectivity index (χ4n) is 1.69. The van der Waals surface area contributed by atoms with Gasteiger partial charge < -0.3 is 9.64 Å². The van der Waals surface area contributed by atoms with Crippen LogP contribution in [-0.2, 0) is 9.53 Å². The molecule has 0 aliphatic carbocycles. The van der Waals surface area contributed by atoms with Crippen LogP contribution in [0.5, 0.6) is 0 Å². The van der Waals surface area contributed by atoms with Crippen LogP contribution in [0.15, 0.2) is 0 Å². The predicted molar refractivity (Wildman–Crippen MR) is 55.1 cm³/mol. The summed E-state index contributed by atoms with van der Waals surface area (Å²) in [5.41, 5.74) is 0. The number of amides is 1. The highest BCUT2D eigenvalue weighted by Crippen LogP contribution is 2.18. The first-order valence-electron chi connectivity index (χ1n) is 4.65. The van der Waals surface area contributed by atoms with Gasteiger partial charge in [0.15, 0.2) is 0 Å². The van der Waals surface area contributed by atoms with E-state index in [0.29, 0.717) is 12.2 Å². The van der Waals surface area contributed by atoms with E-state index in [1.54, 1.807) is 4.90 Å². The Bertz CT molecular complexity index is 186. The maximum absolute atomic E-state index is 11.5. The minimum absolute atomic E-state index is 0.164. The van der Waals surface area contributed by atoms with E-state index < -0.39 is 0 Å². The Labute approximate surface area is 84.8 Å². The van der Waals surface area contributed by atoms with Gasteiger partial charge in [0.25, 0.3) is 0 Å². The Morgan fingerprint density at radius 1 is 1.69 bits per heavy atom. The molecule has 0 aromatic heterocycles. The molecule has 13 heavy (non-hydrogen) atoms. The topological polar surface area (TPSA) is 29.5 Å². The van der Waals surface area contributed by atoms with Gasteiger partial charge in [0.2, 0.25) is 5.91 Å². The van der Waals surface area contributed by atoms with Gasteiger partial charge >= 0.3 is 0 Å². The molecule has 76 valence electrons. The van der Waals surface area contributed by atoms with Crippen molar-refractivity contribution < 1.29 is 9.53 Å². The lowest BCUT2D eigenvalue weighted by Crippen LogP contribution is -2.41. The Morgan fingerprint density at radius 2 is 2.38 bits per heavy atom. The molecule has 1 aliphatic rings. The van der Waals surface area contributed by atoms with Gasteiger partial charge in [-0.25, -0.2) is 0 Å². The zero-order valence-electron chi connectivity index (χ0n) is 8.19. The molecule has 0 radical (unpaired) electrons. The number of nitrogens with zero attached hydrogens (tertiary/aromatic N) is 1. The second kappa shape index (κ2) is 4.86. The summed E-state index contributed by atoms with van der Waals surface area (Å²) in [6, 6.07) is 0.257. The molecular formula is C9H17NO2S. The standard InChI is InChI=1S/C9H17NO2S/c1-7-8(3-5-12-7)10(2)9(11)4-6-13/h7-8,13H,3-6H2,1-2H3. The van der Waals surface area contributed by atoms with Crippen LogP contribution in [0.25, 0.3) is 0 Å². The van der Waals surface area contributed by atoms with Crippen LogP contribution < -0.4 is 0 Å². The van der Waals surface area contributed by atoms with Crippen molar-refractivity contribution in [1.82, 2.24) is 4.90 Å². The molecule has 1 saturated heterocycles. The molecule has 0 bridgehead atoms. The van der Waals surface area contributed by atoms with E-state index >= 15 is 0 Å². The van der Waals surface area contributed by atoms with Crippen LogP contribution in [0.1, 0.15) is 19.8 Å². The average Bonchev–Trinajstić information content (AvgIpc) is 2.50. The highest BCUT2D eigenvalue weighted by atomic mass is 32.1. The van der Waals surface area contributed by atoms with Gasteiger partial charge in [-0.15, -0.1) is 0 Å². The lowest BCUT2D eigenvalue weighted by Gasteiger charge is -2.26. The fourth-order valence-corrected chi connectivity index (χ4v) is 1.88. The van der Waals surface area contributed by atoms with Crippen molar-refractivity contribution in [3.05, 3.63) is 0 Å². The van der Waals surface area contributed by atoms with Crippen molar-refractivity contribution >= 4 is 18.5 Å². The Hall–Kier alpha value is -0.220. The summed E-state index contributed by atoms with van der Waals surface area (Å²) >= 11 is 4.04. The molecule has 1 heterocycles. The maximum atomic E-state index is 11.5. The second-order valence-electron chi connectivity index (χ2n) is 3.41. The van der Waals surface area contributed by atoms with Crippen LogP contribution in [-0.4, -0.2) is 42.4 Å². The van der Waals surface area contributed by atoms with Gasteiger partial charge in [0.05, 0.1) is 12.1 Å². The first-order valence-corrected chi connectivity index (χ1v) is 5.28. The van der Waals surface area contributed by atoms with Gasteiger partial charge in [-0.05, 0) is 19.1 Å².